The Kier molecular flexibility index (Phi) is 12.0. The Hall–Kier alpha value is -3.63. The van der Waals surface area contributed by atoms with Crippen molar-refractivity contribution in [3.8, 4) is 0 Å². The molecule has 0 spiro atoms. The molecule has 48 heavy (non-hydrogen) atoms. The molecule has 0 bridgehead atoms. The second-order valence-corrected chi connectivity index (χ2v) is 14.8. The highest BCUT2D eigenvalue weighted by molar-refractivity contribution is 7.92. The van der Waals surface area contributed by atoms with Crippen molar-refractivity contribution in [2.75, 3.05) is 10.8 Å². The van der Waals surface area contributed by atoms with Crippen molar-refractivity contribution in [2.45, 2.75) is 62.0 Å². The van der Waals surface area contributed by atoms with Crippen molar-refractivity contribution in [1.29, 1.82) is 0 Å². The van der Waals surface area contributed by atoms with Crippen LogP contribution in [0.4, 0.5) is 10.1 Å². The number of amides is 2. The molecule has 0 aliphatic heterocycles. The van der Waals surface area contributed by atoms with Crippen LogP contribution in [-0.4, -0.2) is 43.8 Å². The summed E-state index contributed by atoms with van der Waals surface area (Å²) >= 11 is 18.6. The molecule has 1 fully saturated rings. The molecule has 0 heterocycles. The molecule has 1 N–H and O–H groups in total. The van der Waals surface area contributed by atoms with Crippen molar-refractivity contribution >= 4 is 62.3 Å². The quantitative estimate of drug-likeness (QED) is 0.160. The molecule has 0 radical (unpaired) electrons. The highest BCUT2D eigenvalue weighted by atomic mass is 35.5. The number of sulfonamides is 1. The van der Waals surface area contributed by atoms with Gasteiger partial charge >= 0.3 is 0 Å². The van der Waals surface area contributed by atoms with Gasteiger partial charge in [0.2, 0.25) is 11.8 Å². The lowest BCUT2D eigenvalue weighted by Crippen LogP contribution is -2.55. The summed E-state index contributed by atoms with van der Waals surface area (Å²) in [6, 6.07) is 24.2. The third-order valence-corrected chi connectivity index (χ3v) is 11.2. The molecule has 0 unspecified atom stereocenters. The van der Waals surface area contributed by atoms with Gasteiger partial charge < -0.3 is 10.2 Å². The van der Waals surface area contributed by atoms with Crippen LogP contribution in [0.2, 0.25) is 15.1 Å². The minimum absolute atomic E-state index is 0.0145. The number of hydrogen-bond acceptors (Lipinski definition) is 4. The molecule has 252 valence electrons. The van der Waals surface area contributed by atoms with E-state index in [1.165, 1.54) is 23.1 Å². The van der Waals surface area contributed by atoms with Crippen LogP contribution in [0.3, 0.4) is 0 Å². The molecule has 7 nitrogen and oxygen atoms in total. The molecular weight excluding hydrogens is 696 g/mol. The number of rotatable bonds is 12. The van der Waals surface area contributed by atoms with Gasteiger partial charge in [0.15, 0.2) is 0 Å². The fraction of sp³-hybridized carbons (Fsp3) is 0.278. The topological polar surface area (TPSA) is 86.8 Å². The van der Waals surface area contributed by atoms with Crippen LogP contribution in [0.25, 0.3) is 0 Å². The summed E-state index contributed by atoms with van der Waals surface area (Å²) in [6.07, 6.45) is 4.92. The lowest BCUT2D eigenvalue weighted by Gasteiger charge is -2.35. The highest BCUT2D eigenvalue weighted by Gasteiger charge is 2.35. The molecule has 1 atom stereocenters. The van der Waals surface area contributed by atoms with Crippen LogP contribution in [0, 0.1) is 5.82 Å². The molecule has 12 heteroatoms. The highest BCUT2D eigenvalue weighted by Crippen LogP contribution is 2.29. The molecule has 0 saturated heterocycles. The van der Waals surface area contributed by atoms with Crippen molar-refractivity contribution < 1.29 is 22.4 Å². The van der Waals surface area contributed by atoms with E-state index in [2.05, 4.69) is 5.32 Å². The average molecular weight is 731 g/mol. The lowest BCUT2D eigenvalue weighted by molar-refractivity contribution is -0.140. The first kappa shape index (κ1) is 35.7. The normalized spacial score (nSPS) is 14.2. The SMILES string of the molecule is O=C(NC1CCCCC1)[C@H](Cc1ccccc1)N(Cc1ccc(Cl)c(Cl)c1)C(=O)CN(c1ccc(F)c(Cl)c1)S(=O)(=O)c1ccccc1. The lowest BCUT2D eigenvalue weighted by atomic mass is 9.94. The van der Waals surface area contributed by atoms with Gasteiger partial charge in [-0.15, -0.1) is 0 Å². The molecule has 0 aromatic heterocycles. The van der Waals surface area contributed by atoms with Gasteiger partial charge in [-0.1, -0.05) is 109 Å². The number of nitrogens with zero attached hydrogens (tertiary/aromatic N) is 2. The summed E-state index contributed by atoms with van der Waals surface area (Å²) in [7, 11) is -4.36. The van der Waals surface area contributed by atoms with Gasteiger partial charge in [0.25, 0.3) is 10.0 Å². The Morgan fingerprint density at radius 2 is 1.46 bits per heavy atom. The summed E-state index contributed by atoms with van der Waals surface area (Å²) in [5, 5.41) is 3.44. The Morgan fingerprint density at radius 1 is 0.792 bits per heavy atom. The number of carbonyl (C=O) groups excluding carboxylic acids is 2. The van der Waals surface area contributed by atoms with Crippen LogP contribution in [0.1, 0.15) is 43.2 Å². The molecule has 4 aromatic rings. The number of carbonyl (C=O) groups is 2. The van der Waals surface area contributed by atoms with E-state index >= 15 is 0 Å². The van der Waals surface area contributed by atoms with Gasteiger partial charge in [-0.3, -0.25) is 13.9 Å². The fourth-order valence-corrected chi connectivity index (χ4v) is 7.74. The monoisotopic (exact) mass is 729 g/mol. The van der Waals surface area contributed by atoms with Crippen LogP contribution in [0.15, 0.2) is 102 Å². The predicted octanol–water partition coefficient (Wildman–Crippen LogP) is 8.07. The summed E-state index contributed by atoms with van der Waals surface area (Å²) in [4.78, 5) is 30.1. The van der Waals surface area contributed by atoms with Crippen LogP contribution >= 0.6 is 34.8 Å². The zero-order valence-corrected chi connectivity index (χ0v) is 29.1. The predicted molar refractivity (Wildman–Crippen MR) is 188 cm³/mol. The van der Waals surface area contributed by atoms with Crippen molar-refractivity contribution in [3.05, 3.63) is 129 Å². The number of hydrogen-bond donors (Lipinski definition) is 1. The maximum Gasteiger partial charge on any atom is 0.264 e. The second kappa shape index (κ2) is 16.2. The Bertz CT molecular complexity index is 1840. The molecule has 5 rings (SSSR count). The average Bonchev–Trinajstić information content (AvgIpc) is 3.09. The Morgan fingerprint density at radius 3 is 2.10 bits per heavy atom. The van der Waals surface area contributed by atoms with E-state index in [9.17, 15) is 22.4 Å². The largest absolute Gasteiger partial charge is 0.352 e. The van der Waals surface area contributed by atoms with Gasteiger partial charge in [-0.2, -0.15) is 0 Å². The summed E-state index contributed by atoms with van der Waals surface area (Å²) in [6.45, 7) is -0.781. The zero-order valence-electron chi connectivity index (χ0n) is 26.0. The van der Waals surface area contributed by atoms with Gasteiger partial charge in [-0.05, 0) is 66.4 Å². The van der Waals surface area contributed by atoms with E-state index < -0.39 is 34.3 Å². The molecule has 2 amide bonds. The third kappa shape index (κ3) is 8.88. The number of anilines is 1. The zero-order chi connectivity index (χ0) is 34.3. The first-order valence-electron chi connectivity index (χ1n) is 15.6. The first-order chi connectivity index (χ1) is 23.0. The van der Waals surface area contributed by atoms with E-state index in [1.54, 1.807) is 36.4 Å². The van der Waals surface area contributed by atoms with Gasteiger partial charge in [0.05, 0.1) is 25.7 Å². The fourth-order valence-electron chi connectivity index (χ4n) is 5.82. The first-order valence-corrected chi connectivity index (χ1v) is 18.2. The number of benzene rings is 4. The molecule has 4 aromatic carbocycles. The third-order valence-electron chi connectivity index (χ3n) is 8.36. The minimum atomic E-state index is -4.36. The smallest absolute Gasteiger partial charge is 0.264 e. The number of halogens is 4. The Balaban J connectivity index is 1.58. The van der Waals surface area contributed by atoms with Gasteiger partial charge in [-0.25, -0.2) is 12.8 Å². The van der Waals surface area contributed by atoms with E-state index in [1.807, 2.05) is 30.3 Å². The van der Waals surface area contributed by atoms with E-state index in [0.29, 0.717) is 10.6 Å². The maximum absolute atomic E-state index is 14.6. The molecular formula is C36H35Cl3FN3O4S. The van der Waals surface area contributed by atoms with E-state index in [-0.39, 0.29) is 45.5 Å². The van der Waals surface area contributed by atoms with Crippen molar-refractivity contribution in [2.24, 2.45) is 0 Å². The molecule has 1 aliphatic carbocycles. The van der Waals surface area contributed by atoms with E-state index in [0.717, 1.165) is 54.1 Å². The van der Waals surface area contributed by atoms with Crippen LogP contribution in [0.5, 0.6) is 0 Å². The number of nitrogens with one attached hydrogen (secondary N) is 1. The van der Waals surface area contributed by atoms with Crippen LogP contribution in [-0.2, 0) is 32.6 Å². The minimum Gasteiger partial charge on any atom is -0.352 e. The standard InChI is InChI=1S/C36H35Cl3FN3O4S/c37-30-18-16-26(20-31(30)38)23-42(34(21-25-10-4-1-5-11-25)36(45)41-27-12-6-2-7-13-27)35(44)24-43(28-17-19-33(40)32(39)22-28)48(46,47)29-14-8-3-9-15-29/h1,3-5,8-11,14-20,22,27,34H,2,6-7,12-13,21,23-24H2,(H,41,45)/t34-/m0/s1. The molecule has 1 aliphatic rings. The van der Waals surface area contributed by atoms with Crippen LogP contribution < -0.4 is 9.62 Å². The van der Waals surface area contributed by atoms with Gasteiger partial charge in [0, 0.05) is 19.0 Å². The summed E-state index contributed by atoms with van der Waals surface area (Å²) in [5.74, 6) is -1.76. The Labute approximate surface area is 295 Å². The summed E-state index contributed by atoms with van der Waals surface area (Å²) in [5.41, 5.74) is 1.38. The van der Waals surface area contributed by atoms with Gasteiger partial charge in [0.1, 0.15) is 18.4 Å². The van der Waals surface area contributed by atoms with Crippen molar-refractivity contribution in [3.63, 3.8) is 0 Å². The van der Waals surface area contributed by atoms with E-state index in [4.69, 9.17) is 34.8 Å². The summed E-state index contributed by atoms with van der Waals surface area (Å²) < 4.78 is 43.3. The maximum atomic E-state index is 14.6. The molecule has 1 saturated carbocycles. The second-order valence-electron chi connectivity index (χ2n) is 11.7. The van der Waals surface area contributed by atoms with Crippen molar-refractivity contribution in [1.82, 2.24) is 10.2 Å².